The van der Waals surface area contributed by atoms with Gasteiger partial charge in [0, 0.05) is 58.4 Å². The van der Waals surface area contributed by atoms with Crippen molar-refractivity contribution in [3.8, 4) is 45.3 Å². The summed E-state index contributed by atoms with van der Waals surface area (Å²) in [6.07, 6.45) is 0. The Morgan fingerprint density at radius 1 is 0.351 bits per heavy atom. The monoisotopic (exact) mass is 745 g/mol. The standard InChI is InChI=1S/C51H27N3O2S/c1-2-11-28(12-3-1)49-52-50(54-51(53-49)39-20-9-18-37-33-15-6-7-22-43(33)57-48(37)39)38-19-8-17-36-40-27-29(23-26-41(40)55-46(36)38)30-24-25-35-32-14-5-4-13-31(32)34-16-10-21-42-44(34)45(35)47(30)56-42/h1-27H. The van der Waals surface area contributed by atoms with Crippen LogP contribution in [0.5, 0.6) is 0 Å². The lowest BCUT2D eigenvalue weighted by atomic mass is 9.92. The van der Waals surface area contributed by atoms with Crippen LogP contribution in [-0.2, 0) is 0 Å². The van der Waals surface area contributed by atoms with E-state index in [1.54, 1.807) is 11.3 Å². The molecule has 13 rings (SSSR count). The number of aromatic nitrogens is 3. The van der Waals surface area contributed by atoms with Gasteiger partial charge in [-0.3, -0.25) is 0 Å². The van der Waals surface area contributed by atoms with Crippen LogP contribution in [-0.4, -0.2) is 15.0 Å². The topological polar surface area (TPSA) is 65.0 Å². The average molecular weight is 746 g/mol. The summed E-state index contributed by atoms with van der Waals surface area (Å²) in [6, 6.07) is 57.2. The highest BCUT2D eigenvalue weighted by Gasteiger charge is 2.22. The minimum Gasteiger partial charge on any atom is -0.455 e. The van der Waals surface area contributed by atoms with Gasteiger partial charge in [-0.05, 0) is 69.6 Å². The van der Waals surface area contributed by atoms with Crippen molar-refractivity contribution in [2.45, 2.75) is 0 Å². The number of nitrogens with zero attached hydrogens (tertiary/aromatic N) is 3. The van der Waals surface area contributed by atoms with Gasteiger partial charge < -0.3 is 8.83 Å². The van der Waals surface area contributed by atoms with Crippen molar-refractivity contribution in [3.63, 3.8) is 0 Å². The van der Waals surface area contributed by atoms with Gasteiger partial charge in [0.1, 0.15) is 22.3 Å². The first-order valence-electron chi connectivity index (χ1n) is 19.0. The van der Waals surface area contributed by atoms with Crippen LogP contribution in [0.1, 0.15) is 0 Å². The van der Waals surface area contributed by atoms with Crippen LogP contribution in [0, 0.1) is 0 Å². The largest absolute Gasteiger partial charge is 0.455 e. The molecule has 0 amide bonds. The molecular formula is C51H27N3O2S. The van der Waals surface area contributed by atoms with Crippen molar-refractivity contribution in [2.24, 2.45) is 0 Å². The van der Waals surface area contributed by atoms with E-state index in [0.717, 1.165) is 65.6 Å². The number of benzene rings is 9. The molecule has 0 N–H and O–H groups in total. The number of para-hydroxylation sites is 1. The summed E-state index contributed by atoms with van der Waals surface area (Å²) in [5.41, 5.74) is 8.16. The molecule has 0 spiro atoms. The Morgan fingerprint density at radius 2 is 1.00 bits per heavy atom. The van der Waals surface area contributed by atoms with E-state index in [1.807, 2.05) is 36.4 Å². The second-order valence-electron chi connectivity index (χ2n) is 14.6. The Hall–Kier alpha value is -7.41. The highest BCUT2D eigenvalue weighted by Crippen LogP contribution is 2.47. The summed E-state index contributed by atoms with van der Waals surface area (Å²) in [5, 5.41) is 11.7. The summed E-state index contributed by atoms with van der Waals surface area (Å²) in [5.74, 6) is 1.80. The Kier molecular flexibility index (Phi) is 6.26. The third-order valence-corrected chi connectivity index (χ3v) is 12.7. The first-order chi connectivity index (χ1) is 28.2. The number of fused-ring (bicyclic) bond motifs is 9. The maximum Gasteiger partial charge on any atom is 0.167 e. The maximum absolute atomic E-state index is 6.73. The van der Waals surface area contributed by atoms with Gasteiger partial charge in [0.2, 0.25) is 0 Å². The first-order valence-corrected chi connectivity index (χ1v) is 19.8. The first kappa shape index (κ1) is 30.9. The number of thiophene rings is 1. The molecule has 0 radical (unpaired) electrons. The van der Waals surface area contributed by atoms with Crippen molar-refractivity contribution in [3.05, 3.63) is 164 Å². The molecule has 5 nitrogen and oxygen atoms in total. The number of furan rings is 2. The van der Waals surface area contributed by atoms with Gasteiger partial charge in [0.05, 0.1) is 5.56 Å². The number of hydrogen-bond donors (Lipinski definition) is 0. The van der Waals surface area contributed by atoms with Crippen LogP contribution in [0.2, 0.25) is 0 Å². The van der Waals surface area contributed by atoms with Crippen LogP contribution >= 0.6 is 11.3 Å². The fourth-order valence-corrected chi connectivity index (χ4v) is 10.2. The van der Waals surface area contributed by atoms with Gasteiger partial charge in [-0.1, -0.05) is 121 Å². The Labute approximate surface area is 328 Å². The smallest absolute Gasteiger partial charge is 0.167 e. The molecule has 0 saturated heterocycles. The van der Waals surface area contributed by atoms with Crippen LogP contribution in [0.3, 0.4) is 0 Å². The lowest BCUT2D eigenvalue weighted by Gasteiger charge is -2.10. The molecular weight excluding hydrogens is 719 g/mol. The molecule has 9 aromatic carbocycles. The van der Waals surface area contributed by atoms with E-state index in [9.17, 15) is 0 Å². The molecule has 0 unspecified atom stereocenters. The third-order valence-electron chi connectivity index (χ3n) is 11.5. The number of rotatable bonds is 4. The zero-order valence-corrected chi connectivity index (χ0v) is 31.0. The lowest BCUT2D eigenvalue weighted by molar-refractivity contribution is 0.668. The predicted molar refractivity (Wildman–Crippen MR) is 235 cm³/mol. The highest BCUT2D eigenvalue weighted by atomic mass is 32.1. The van der Waals surface area contributed by atoms with E-state index in [4.69, 9.17) is 23.8 Å². The molecule has 0 bridgehead atoms. The molecule has 0 saturated carbocycles. The lowest BCUT2D eigenvalue weighted by Crippen LogP contribution is -2.00. The van der Waals surface area contributed by atoms with E-state index in [1.165, 1.54) is 47.8 Å². The van der Waals surface area contributed by atoms with Gasteiger partial charge in [-0.25, -0.2) is 15.0 Å². The van der Waals surface area contributed by atoms with E-state index < -0.39 is 0 Å². The average Bonchev–Trinajstić information content (AvgIpc) is 3.98. The van der Waals surface area contributed by atoms with Crippen molar-refractivity contribution in [1.29, 1.82) is 0 Å². The summed E-state index contributed by atoms with van der Waals surface area (Å²) in [6.45, 7) is 0. The molecule has 0 aliphatic heterocycles. The molecule has 6 heteroatoms. The summed E-state index contributed by atoms with van der Waals surface area (Å²) in [4.78, 5) is 15.4. The predicted octanol–water partition coefficient (Wildman–Crippen LogP) is 14.5. The van der Waals surface area contributed by atoms with Crippen LogP contribution in [0.25, 0.3) is 131 Å². The van der Waals surface area contributed by atoms with Crippen LogP contribution in [0.4, 0.5) is 0 Å². The Balaban J connectivity index is 1.01. The maximum atomic E-state index is 6.73. The van der Waals surface area contributed by atoms with Crippen molar-refractivity contribution in [1.82, 2.24) is 15.0 Å². The van der Waals surface area contributed by atoms with Gasteiger partial charge in [-0.15, -0.1) is 11.3 Å². The molecule has 0 aliphatic carbocycles. The Bertz CT molecular complexity index is 3770. The number of hydrogen-bond acceptors (Lipinski definition) is 6. The van der Waals surface area contributed by atoms with E-state index in [0.29, 0.717) is 17.5 Å². The zero-order valence-electron chi connectivity index (χ0n) is 30.2. The molecule has 0 fully saturated rings. The molecule has 0 aliphatic rings. The van der Waals surface area contributed by atoms with Crippen molar-refractivity contribution < 1.29 is 8.83 Å². The molecule has 4 heterocycles. The fourth-order valence-electron chi connectivity index (χ4n) is 8.95. The van der Waals surface area contributed by atoms with E-state index >= 15 is 0 Å². The molecule has 13 aromatic rings. The summed E-state index contributed by atoms with van der Waals surface area (Å²) >= 11 is 1.77. The van der Waals surface area contributed by atoms with Gasteiger partial charge in [-0.2, -0.15) is 0 Å². The third kappa shape index (κ3) is 4.41. The summed E-state index contributed by atoms with van der Waals surface area (Å²) in [7, 11) is 0. The molecule has 4 aromatic heterocycles. The summed E-state index contributed by atoms with van der Waals surface area (Å²) < 4.78 is 15.8. The van der Waals surface area contributed by atoms with Crippen molar-refractivity contribution >= 4 is 96.9 Å². The van der Waals surface area contributed by atoms with Crippen molar-refractivity contribution in [2.75, 3.05) is 0 Å². The van der Waals surface area contributed by atoms with Gasteiger partial charge in [0.15, 0.2) is 17.5 Å². The second kappa shape index (κ2) is 11.6. The van der Waals surface area contributed by atoms with Crippen LogP contribution < -0.4 is 0 Å². The Morgan fingerprint density at radius 3 is 1.86 bits per heavy atom. The van der Waals surface area contributed by atoms with Gasteiger partial charge in [0.25, 0.3) is 0 Å². The SMILES string of the molecule is c1ccc(-c2nc(-c3cccc4c3oc3ccc(-c5ccc6c7ccccc7c7cccc8oc5c6c87)cc34)nc(-c3cccc4c3sc3ccccc34)n2)cc1. The highest BCUT2D eigenvalue weighted by molar-refractivity contribution is 7.26. The second-order valence-corrected chi connectivity index (χ2v) is 15.7. The molecule has 0 atom stereocenters. The van der Waals surface area contributed by atoms with Crippen LogP contribution in [0.15, 0.2) is 173 Å². The molecule has 57 heavy (non-hydrogen) atoms. The quantitative estimate of drug-likeness (QED) is 0.168. The normalized spacial score (nSPS) is 12.2. The van der Waals surface area contributed by atoms with E-state index in [-0.39, 0.29) is 0 Å². The van der Waals surface area contributed by atoms with E-state index in [2.05, 4.69) is 127 Å². The minimum atomic E-state index is 0.562. The fraction of sp³-hybridized carbons (Fsp3) is 0. The van der Waals surface area contributed by atoms with Gasteiger partial charge >= 0.3 is 0 Å². The zero-order chi connectivity index (χ0) is 37.2. The minimum absolute atomic E-state index is 0.562. The molecule has 264 valence electrons.